The van der Waals surface area contributed by atoms with E-state index in [1.807, 2.05) is 0 Å². The smallest absolute Gasteiger partial charge is 0.269 e. The van der Waals surface area contributed by atoms with E-state index in [1.165, 1.54) is 12.1 Å². The molecule has 1 heterocycles. The highest BCUT2D eigenvalue weighted by molar-refractivity contribution is 5.60. The average molecular weight is 260 g/mol. The minimum atomic E-state index is -0.408. The molecule has 0 aliphatic rings. The summed E-state index contributed by atoms with van der Waals surface area (Å²) in [6.07, 6.45) is 4.60. The number of hydrogen-bond acceptors (Lipinski definition) is 4. The summed E-state index contributed by atoms with van der Waals surface area (Å²) in [7, 11) is 0. The van der Waals surface area contributed by atoms with E-state index in [-0.39, 0.29) is 5.69 Å². The van der Waals surface area contributed by atoms with Gasteiger partial charge in [0.2, 0.25) is 0 Å². The number of nitro groups is 1. The zero-order valence-corrected chi connectivity index (χ0v) is 10.5. The molecule has 6 heteroatoms. The van der Waals surface area contributed by atoms with Gasteiger partial charge in [0.1, 0.15) is 5.82 Å². The first kappa shape index (κ1) is 13.2. The molecule has 19 heavy (non-hydrogen) atoms. The highest BCUT2D eigenvalue weighted by Crippen LogP contribution is 2.21. The predicted molar refractivity (Wildman–Crippen MR) is 72.7 cm³/mol. The number of H-pyrrole nitrogens is 1. The monoisotopic (exact) mass is 260 g/mol. The van der Waals surface area contributed by atoms with Crippen molar-refractivity contribution in [2.75, 3.05) is 6.54 Å². The molecule has 0 saturated heterocycles. The summed E-state index contributed by atoms with van der Waals surface area (Å²) in [5.74, 6) is 0.918. The fraction of sp³-hybridized carbons (Fsp3) is 0.308. The molecular formula is C13H16N4O2. The van der Waals surface area contributed by atoms with Crippen molar-refractivity contribution in [1.29, 1.82) is 0 Å². The van der Waals surface area contributed by atoms with E-state index in [9.17, 15) is 10.1 Å². The number of aryl methyl sites for hydroxylation is 1. The van der Waals surface area contributed by atoms with Crippen LogP contribution in [0, 0.1) is 10.1 Å². The SMILES string of the molecule is NCCCCc1ncc(-c2ccc([N+](=O)[O-])cc2)[nH]1. The number of hydrogen-bond donors (Lipinski definition) is 2. The highest BCUT2D eigenvalue weighted by Gasteiger charge is 2.07. The topological polar surface area (TPSA) is 97.8 Å². The van der Waals surface area contributed by atoms with Crippen LogP contribution in [-0.4, -0.2) is 21.4 Å². The van der Waals surface area contributed by atoms with Crippen LogP contribution < -0.4 is 5.73 Å². The van der Waals surface area contributed by atoms with E-state index in [1.54, 1.807) is 18.3 Å². The molecule has 0 amide bonds. The third-order valence-electron chi connectivity index (χ3n) is 2.89. The standard InChI is InChI=1S/C13H16N4O2/c14-8-2-1-3-13-15-9-12(16-13)10-4-6-11(7-5-10)17(18)19/h4-7,9H,1-3,8,14H2,(H,15,16). The maximum Gasteiger partial charge on any atom is 0.269 e. The lowest BCUT2D eigenvalue weighted by Crippen LogP contribution is -1.99. The van der Waals surface area contributed by atoms with Crippen molar-refractivity contribution < 1.29 is 4.92 Å². The van der Waals surface area contributed by atoms with Gasteiger partial charge in [-0.1, -0.05) is 0 Å². The van der Waals surface area contributed by atoms with Gasteiger partial charge in [0.25, 0.3) is 5.69 Å². The molecule has 2 aromatic rings. The van der Waals surface area contributed by atoms with Crippen molar-refractivity contribution in [1.82, 2.24) is 9.97 Å². The first-order chi connectivity index (χ1) is 9.20. The van der Waals surface area contributed by atoms with E-state index < -0.39 is 4.92 Å². The zero-order chi connectivity index (χ0) is 13.7. The number of aromatic amines is 1. The average Bonchev–Trinajstić information content (AvgIpc) is 2.88. The maximum atomic E-state index is 10.6. The van der Waals surface area contributed by atoms with Crippen LogP contribution in [0.25, 0.3) is 11.3 Å². The summed E-state index contributed by atoms with van der Waals surface area (Å²) in [5.41, 5.74) is 7.30. The Morgan fingerprint density at radius 3 is 2.63 bits per heavy atom. The van der Waals surface area contributed by atoms with Crippen molar-refractivity contribution in [2.45, 2.75) is 19.3 Å². The van der Waals surface area contributed by atoms with Crippen LogP contribution in [0.2, 0.25) is 0 Å². The minimum absolute atomic E-state index is 0.0893. The molecule has 1 aromatic heterocycles. The molecule has 2 rings (SSSR count). The zero-order valence-electron chi connectivity index (χ0n) is 10.5. The summed E-state index contributed by atoms with van der Waals surface area (Å²) in [5, 5.41) is 10.6. The first-order valence-electron chi connectivity index (χ1n) is 6.19. The first-order valence-corrected chi connectivity index (χ1v) is 6.19. The lowest BCUT2D eigenvalue weighted by atomic mass is 10.1. The second kappa shape index (κ2) is 6.10. The predicted octanol–water partition coefficient (Wildman–Crippen LogP) is 2.27. The second-order valence-corrected chi connectivity index (χ2v) is 4.29. The molecule has 0 fully saturated rings. The second-order valence-electron chi connectivity index (χ2n) is 4.29. The Morgan fingerprint density at radius 2 is 2.00 bits per heavy atom. The molecular weight excluding hydrogens is 244 g/mol. The van der Waals surface area contributed by atoms with Crippen LogP contribution in [0.3, 0.4) is 0 Å². The van der Waals surface area contributed by atoms with Crippen molar-refractivity contribution in [3.63, 3.8) is 0 Å². The summed E-state index contributed by atoms with van der Waals surface area (Å²) in [6, 6.07) is 6.42. The van der Waals surface area contributed by atoms with E-state index in [2.05, 4.69) is 9.97 Å². The van der Waals surface area contributed by atoms with Crippen molar-refractivity contribution in [2.24, 2.45) is 5.73 Å². The number of imidazole rings is 1. The molecule has 3 N–H and O–H groups in total. The molecule has 0 spiro atoms. The summed E-state index contributed by atoms with van der Waals surface area (Å²) in [6.45, 7) is 0.690. The van der Waals surface area contributed by atoms with E-state index in [0.717, 1.165) is 36.3 Å². The summed E-state index contributed by atoms with van der Waals surface area (Å²) < 4.78 is 0. The number of nitrogens with one attached hydrogen (secondary N) is 1. The van der Waals surface area contributed by atoms with Gasteiger partial charge in [-0.2, -0.15) is 0 Å². The molecule has 0 aliphatic heterocycles. The minimum Gasteiger partial charge on any atom is -0.342 e. The highest BCUT2D eigenvalue weighted by atomic mass is 16.6. The largest absolute Gasteiger partial charge is 0.342 e. The van der Waals surface area contributed by atoms with E-state index in [0.29, 0.717) is 6.54 Å². The van der Waals surface area contributed by atoms with Gasteiger partial charge in [0.15, 0.2) is 0 Å². The van der Waals surface area contributed by atoms with Crippen LogP contribution in [0.4, 0.5) is 5.69 Å². The quantitative estimate of drug-likeness (QED) is 0.473. The van der Waals surface area contributed by atoms with Gasteiger partial charge >= 0.3 is 0 Å². The Hall–Kier alpha value is -2.21. The molecule has 0 bridgehead atoms. The summed E-state index contributed by atoms with van der Waals surface area (Å²) in [4.78, 5) is 17.7. The number of non-ortho nitro benzene ring substituents is 1. The van der Waals surface area contributed by atoms with Gasteiger partial charge in [-0.25, -0.2) is 4.98 Å². The number of nitrogens with zero attached hydrogens (tertiary/aromatic N) is 2. The van der Waals surface area contributed by atoms with Crippen LogP contribution in [0.5, 0.6) is 0 Å². The molecule has 6 nitrogen and oxygen atoms in total. The molecule has 0 radical (unpaired) electrons. The molecule has 100 valence electrons. The third-order valence-corrected chi connectivity index (χ3v) is 2.89. The Labute approximate surface area is 110 Å². The van der Waals surface area contributed by atoms with E-state index >= 15 is 0 Å². The van der Waals surface area contributed by atoms with Crippen LogP contribution in [-0.2, 0) is 6.42 Å². The Kier molecular flexibility index (Phi) is 4.25. The van der Waals surface area contributed by atoms with Gasteiger partial charge in [0.05, 0.1) is 16.8 Å². The van der Waals surface area contributed by atoms with E-state index in [4.69, 9.17) is 5.73 Å². The summed E-state index contributed by atoms with van der Waals surface area (Å²) >= 11 is 0. The number of rotatable bonds is 6. The van der Waals surface area contributed by atoms with Crippen LogP contribution in [0.1, 0.15) is 18.7 Å². The third kappa shape index (κ3) is 3.38. The Balaban J connectivity index is 2.07. The molecule has 0 aliphatic carbocycles. The molecule has 0 unspecified atom stereocenters. The lowest BCUT2D eigenvalue weighted by Gasteiger charge is -1.98. The number of nitrogens with two attached hydrogens (primary N) is 1. The van der Waals surface area contributed by atoms with Gasteiger partial charge < -0.3 is 10.7 Å². The maximum absolute atomic E-state index is 10.6. The van der Waals surface area contributed by atoms with Crippen molar-refractivity contribution in [3.8, 4) is 11.3 Å². The van der Waals surface area contributed by atoms with Gasteiger partial charge in [-0.3, -0.25) is 10.1 Å². The Bertz CT molecular complexity index is 548. The molecule has 0 atom stereocenters. The van der Waals surface area contributed by atoms with Crippen LogP contribution in [0.15, 0.2) is 30.5 Å². The van der Waals surface area contributed by atoms with Crippen LogP contribution >= 0.6 is 0 Å². The number of benzene rings is 1. The van der Waals surface area contributed by atoms with Gasteiger partial charge in [0, 0.05) is 24.1 Å². The fourth-order valence-corrected chi connectivity index (χ4v) is 1.84. The number of aromatic nitrogens is 2. The molecule has 1 aromatic carbocycles. The van der Waals surface area contributed by atoms with Crippen molar-refractivity contribution >= 4 is 5.69 Å². The van der Waals surface area contributed by atoms with Gasteiger partial charge in [-0.05, 0) is 31.5 Å². The Morgan fingerprint density at radius 1 is 1.26 bits per heavy atom. The number of unbranched alkanes of at least 4 members (excludes halogenated alkanes) is 1. The fourth-order valence-electron chi connectivity index (χ4n) is 1.84. The normalized spacial score (nSPS) is 10.6. The number of nitro benzene ring substituents is 1. The van der Waals surface area contributed by atoms with Gasteiger partial charge in [-0.15, -0.1) is 0 Å². The molecule has 0 saturated carbocycles. The lowest BCUT2D eigenvalue weighted by molar-refractivity contribution is -0.384. The van der Waals surface area contributed by atoms with Crippen molar-refractivity contribution in [3.05, 3.63) is 46.4 Å².